The first-order valence-electron chi connectivity index (χ1n) is 7.39. The zero-order chi connectivity index (χ0) is 18.9. The molecule has 0 fully saturated rings. The van der Waals surface area contributed by atoms with Gasteiger partial charge < -0.3 is 0 Å². The van der Waals surface area contributed by atoms with Crippen molar-refractivity contribution in [1.82, 2.24) is 0 Å². The second-order valence-corrected chi connectivity index (χ2v) is 10.6. The lowest BCUT2D eigenvalue weighted by Crippen LogP contribution is -2.32. The molecule has 0 bridgehead atoms. The predicted octanol–water partition coefficient (Wildman–Crippen LogP) is 4.07. The maximum Gasteiger partial charge on any atom is 0.273 e. The van der Waals surface area contributed by atoms with Gasteiger partial charge in [0, 0.05) is 21.8 Å². The Labute approximate surface area is 141 Å². The molecule has 0 heterocycles. The van der Waals surface area contributed by atoms with E-state index in [1.807, 2.05) is 0 Å². The van der Waals surface area contributed by atoms with Crippen LogP contribution in [0.5, 0.6) is 0 Å². The van der Waals surface area contributed by atoms with E-state index >= 15 is 0 Å². The Morgan fingerprint density at radius 3 is 2.21 bits per heavy atom. The first-order chi connectivity index (χ1) is 10.7. The molecule has 1 aromatic rings. The quantitative estimate of drug-likeness (QED) is 0.601. The SMILES string of the molecule is CC(C)(C)C(=O)N=[S@@](=O)(Cc1cc(F)ccc1[N+](=O)[O-])C(C)(C)C. The van der Waals surface area contributed by atoms with Gasteiger partial charge in [-0.1, -0.05) is 20.8 Å². The molecule has 1 rings (SSSR count). The highest BCUT2D eigenvalue weighted by Gasteiger charge is 2.33. The van der Waals surface area contributed by atoms with Crippen LogP contribution in [-0.4, -0.2) is 19.8 Å². The van der Waals surface area contributed by atoms with Crippen molar-refractivity contribution < 1.29 is 18.3 Å². The molecule has 0 spiro atoms. The molecule has 0 radical (unpaired) electrons. The van der Waals surface area contributed by atoms with Gasteiger partial charge in [-0.2, -0.15) is 4.36 Å². The zero-order valence-electron chi connectivity index (χ0n) is 14.8. The molecule has 0 aliphatic rings. The van der Waals surface area contributed by atoms with Gasteiger partial charge in [0.05, 0.1) is 20.4 Å². The summed E-state index contributed by atoms with van der Waals surface area (Å²) >= 11 is 0. The Morgan fingerprint density at radius 2 is 1.79 bits per heavy atom. The second-order valence-electron chi connectivity index (χ2n) is 7.57. The Hall–Kier alpha value is -1.83. The molecule has 0 aromatic heterocycles. The highest BCUT2D eigenvalue weighted by Crippen LogP contribution is 2.30. The molecular formula is C16H23FN2O4S. The third-order valence-electron chi connectivity index (χ3n) is 3.42. The van der Waals surface area contributed by atoms with Crippen LogP contribution in [0.15, 0.2) is 22.6 Å². The van der Waals surface area contributed by atoms with Crippen LogP contribution in [0.2, 0.25) is 0 Å². The van der Waals surface area contributed by atoms with Crippen molar-refractivity contribution in [3.05, 3.63) is 39.7 Å². The maximum atomic E-state index is 13.5. The van der Waals surface area contributed by atoms with Crippen LogP contribution in [0.25, 0.3) is 0 Å². The van der Waals surface area contributed by atoms with E-state index in [0.717, 1.165) is 18.2 Å². The molecule has 1 amide bonds. The van der Waals surface area contributed by atoms with Crippen molar-refractivity contribution in [2.24, 2.45) is 9.78 Å². The van der Waals surface area contributed by atoms with Crippen molar-refractivity contribution in [2.45, 2.75) is 52.0 Å². The van der Waals surface area contributed by atoms with Gasteiger partial charge in [0.1, 0.15) is 5.82 Å². The molecule has 0 aliphatic heterocycles. The lowest BCUT2D eigenvalue weighted by molar-refractivity contribution is -0.385. The standard InChI is InChI=1S/C16H23FN2O4S/c1-15(2,3)14(20)18-24(23,16(4,5)6)10-11-9-12(17)7-8-13(11)19(21)22/h7-9H,10H2,1-6H3/t24-/m1/s1. The Bertz CT molecular complexity index is 782. The van der Waals surface area contributed by atoms with E-state index in [1.165, 1.54) is 0 Å². The number of nitro groups is 1. The highest BCUT2D eigenvalue weighted by atomic mass is 32.2. The fourth-order valence-electron chi connectivity index (χ4n) is 1.72. The van der Waals surface area contributed by atoms with Crippen molar-refractivity contribution in [3.8, 4) is 0 Å². The third kappa shape index (κ3) is 4.59. The summed E-state index contributed by atoms with van der Waals surface area (Å²) in [5.74, 6) is -1.60. The fourth-order valence-corrected chi connectivity index (χ4v) is 3.68. The normalized spacial score (nSPS) is 14.8. The summed E-state index contributed by atoms with van der Waals surface area (Å²) in [7, 11) is -3.21. The maximum absolute atomic E-state index is 13.5. The van der Waals surface area contributed by atoms with E-state index in [9.17, 15) is 23.5 Å². The number of rotatable bonds is 3. The summed E-state index contributed by atoms with van der Waals surface area (Å²) in [4.78, 5) is 22.7. The molecule has 0 unspecified atom stereocenters. The average molecular weight is 358 g/mol. The van der Waals surface area contributed by atoms with Crippen molar-refractivity contribution in [3.63, 3.8) is 0 Å². The summed E-state index contributed by atoms with van der Waals surface area (Å²) in [6, 6.07) is 2.97. The minimum absolute atomic E-state index is 0.0367. The van der Waals surface area contributed by atoms with Crippen LogP contribution >= 0.6 is 0 Å². The molecule has 0 N–H and O–H groups in total. The average Bonchev–Trinajstić information content (AvgIpc) is 2.35. The monoisotopic (exact) mass is 358 g/mol. The molecule has 24 heavy (non-hydrogen) atoms. The summed E-state index contributed by atoms with van der Waals surface area (Å²) in [5, 5.41) is 11.1. The van der Waals surface area contributed by atoms with Crippen LogP contribution < -0.4 is 0 Å². The van der Waals surface area contributed by atoms with E-state index in [4.69, 9.17) is 0 Å². The van der Waals surface area contributed by atoms with Crippen molar-refractivity contribution in [1.29, 1.82) is 0 Å². The Kier molecular flexibility index (Phi) is 5.54. The van der Waals surface area contributed by atoms with Gasteiger partial charge in [-0.3, -0.25) is 14.9 Å². The van der Waals surface area contributed by atoms with Crippen LogP contribution in [0.4, 0.5) is 10.1 Å². The summed E-state index contributed by atoms with van der Waals surface area (Å²) in [6.07, 6.45) is 0. The van der Waals surface area contributed by atoms with E-state index < -0.39 is 36.5 Å². The van der Waals surface area contributed by atoms with Crippen LogP contribution in [0.3, 0.4) is 0 Å². The highest BCUT2D eigenvalue weighted by molar-refractivity contribution is 7.94. The van der Waals surface area contributed by atoms with Crippen molar-refractivity contribution >= 4 is 21.3 Å². The molecule has 6 nitrogen and oxygen atoms in total. The number of hydrogen-bond acceptors (Lipinski definition) is 4. The third-order valence-corrected chi connectivity index (χ3v) is 6.50. The zero-order valence-corrected chi connectivity index (χ0v) is 15.6. The van der Waals surface area contributed by atoms with Gasteiger partial charge in [-0.15, -0.1) is 0 Å². The van der Waals surface area contributed by atoms with Gasteiger partial charge in [-0.25, -0.2) is 8.60 Å². The number of hydrogen-bond donors (Lipinski definition) is 0. The van der Waals surface area contributed by atoms with Gasteiger partial charge in [0.15, 0.2) is 0 Å². The van der Waals surface area contributed by atoms with Gasteiger partial charge in [0.25, 0.3) is 11.6 Å². The lowest BCUT2D eigenvalue weighted by Gasteiger charge is -2.25. The fraction of sp³-hybridized carbons (Fsp3) is 0.562. The Balaban J connectivity index is 3.56. The summed E-state index contributed by atoms with van der Waals surface area (Å²) < 4.78 is 29.9. The predicted molar refractivity (Wildman–Crippen MR) is 91.5 cm³/mol. The van der Waals surface area contributed by atoms with E-state index in [0.29, 0.717) is 0 Å². The number of nitro benzene ring substituents is 1. The number of halogens is 1. The minimum Gasteiger partial charge on any atom is -0.271 e. The molecule has 8 heteroatoms. The number of benzene rings is 1. The first-order valence-corrected chi connectivity index (χ1v) is 9.07. The summed E-state index contributed by atoms with van der Waals surface area (Å²) in [6.45, 7) is 9.85. The molecule has 0 aliphatic carbocycles. The minimum atomic E-state index is -3.21. The van der Waals surface area contributed by atoms with E-state index in [-0.39, 0.29) is 17.0 Å². The van der Waals surface area contributed by atoms with Gasteiger partial charge in [-0.05, 0) is 32.9 Å². The molecular weight excluding hydrogens is 335 g/mol. The lowest BCUT2D eigenvalue weighted by atomic mass is 9.96. The van der Waals surface area contributed by atoms with Gasteiger partial charge in [0.2, 0.25) is 0 Å². The molecule has 1 aromatic carbocycles. The molecule has 0 saturated carbocycles. The van der Waals surface area contributed by atoms with E-state index in [1.54, 1.807) is 41.5 Å². The first kappa shape index (κ1) is 20.2. The van der Waals surface area contributed by atoms with Gasteiger partial charge >= 0.3 is 0 Å². The number of amides is 1. The topological polar surface area (TPSA) is 89.6 Å². The molecule has 134 valence electrons. The van der Waals surface area contributed by atoms with Crippen molar-refractivity contribution in [2.75, 3.05) is 0 Å². The smallest absolute Gasteiger partial charge is 0.271 e. The largest absolute Gasteiger partial charge is 0.273 e. The summed E-state index contributed by atoms with van der Waals surface area (Å²) in [5.41, 5.74) is -1.21. The number of carbonyl (C=O) groups is 1. The van der Waals surface area contributed by atoms with Crippen LogP contribution in [0.1, 0.15) is 47.1 Å². The Morgan fingerprint density at radius 1 is 1.25 bits per heavy atom. The number of nitrogens with zero attached hydrogens (tertiary/aromatic N) is 2. The van der Waals surface area contributed by atoms with E-state index in [2.05, 4.69) is 4.36 Å². The second kappa shape index (κ2) is 6.58. The molecule has 0 saturated heterocycles. The number of carbonyl (C=O) groups excluding carboxylic acids is 1. The molecule has 1 atom stereocenters. The van der Waals surface area contributed by atoms with Crippen LogP contribution in [-0.2, 0) is 20.3 Å². The van der Waals surface area contributed by atoms with Crippen LogP contribution in [0, 0.1) is 21.3 Å².